The molecule has 1 aromatic heterocycles. The van der Waals surface area contributed by atoms with Gasteiger partial charge in [-0.15, -0.1) is 13.2 Å². The second-order valence-electron chi connectivity index (χ2n) is 3.28. The Labute approximate surface area is 116 Å². The molecule has 0 aliphatic carbocycles. The minimum Gasteiger partial charge on any atom is -0.438 e. The second-order valence-corrected chi connectivity index (χ2v) is 3.71. The predicted octanol–water partition coefficient (Wildman–Crippen LogP) is 3.43. The molecule has 1 amide bonds. The molecule has 0 unspecified atom stereocenters. The molecule has 2 aromatic rings. The van der Waals surface area contributed by atoms with Crippen LogP contribution in [0.15, 0.2) is 55.8 Å². The standard InChI is InChI=1S/C12H9ClN2O2.C2H4/c13-8-3-5-9(6-4-8)17-12-10(11(14)16)2-1-7-15-12;1-2/h1-7H,(H2,14,16);1-2H2. The van der Waals surface area contributed by atoms with Gasteiger partial charge in [0.05, 0.1) is 0 Å². The van der Waals surface area contributed by atoms with Gasteiger partial charge >= 0.3 is 0 Å². The highest BCUT2D eigenvalue weighted by atomic mass is 35.5. The number of amides is 1. The van der Waals surface area contributed by atoms with Crippen molar-refractivity contribution in [3.8, 4) is 11.6 Å². The third-order valence-corrected chi connectivity index (χ3v) is 2.32. The monoisotopic (exact) mass is 276 g/mol. The molecule has 2 N–H and O–H groups in total. The second kappa shape index (κ2) is 7.18. The van der Waals surface area contributed by atoms with Crippen molar-refractivity contribution >= 4 is 17.5 Å². The van der Waals surface area contributed by atoms with Crippen LogP contribution in [0.5, 0.6) is 11.6 Å². The first-order chi connectivity index (χ1) is 9.16. The Morgan fingerprint density at radius 1 is 1.21 bits per heavy atom. The van der Waals surface area contributed by atoms with E-state index in [0.717, 1.165) is 0 Å². The summed E-state index contributed by atoms with van der Waals surface area (Å²) in [5.41, 5.74) is 5.45. The van der Waals surface area contributed by atoms with E-state index in [1.165, 1.54) is 6.20 Å². The third-order valence-electron chi connectivity index (χ3n) is 2.06. The lowest BCUT2D eigenvalue weighted by Crippen LogP contribution is -2.12. The van der Waals surface area contributed by atoms with Gasteiger partial charge in [0.2, 0.25) is 5.88 Å². The highest BCUT2D eigenvalue weighted by molar-refractivity contribution is 6.30. The summed E-state index contributed by atoms with van der Waals surface area (Å²) in [7, 11) is 0. The van der Waals surface area contributed by atoms with Crippen LogP contribution < -0.4 is 10.5 Å². The smallest absolute Gasteiger partial charge is 0.254 e. The Bertz CT molecular complexity index is 556. The molecule has 0 saturated heterocycles. The van der Waals surface area contributed by atoms with Gasteiger partial charge in [0.15, 0.2) is 0 Å². The van der Waals surface area contributed by atoms with Crippen LogP contribution >= 0.6 is 11.6 Å². The van der Waals surface area contributed by atoms with Gasteiger partial charge in [0.25, 0.3) is 5.91 Å². The Balaban J connectivity index is 0.000000861. The van der Waals surface area contributed by atoms with Gasteiger partial charge in [-0.2, -0.15) is 0 Å². The zero-order chi connectivity index (χ0) is 14.3. The number of carbonyl (C=O) groups is 1. The number of primary amides is 1. The van der Waals surface area contributed by atoms with E-state index < -0.39 is 5.91 Å². The first kappa shape index (κ1) is 14.7. The topological polar surface area (TPSA) is 65.2 Å². The molecular formula is C14H13ClN2O2. The Kier molecular flexibility index (Phi) is 5.57. The van der Waals surface area contributed by atoms with E-state index in [4.69, 9.17) is 22.1 Å². The zero-order valence-corrected chi connectivity index (χ0v) is 10.9. The van der Waals surface area contributed by atoms with E-state index in [9.17, 15) is 4.79 Å². The molecule has 0 bridgehead atoms. The van der Waals surface area contributed by atoms with E-state index in [1.54, 1.807) is 36.4 Å². The van der Waals surface area contributed by atoms with Crippen LogP contribution in [-0.2, 0) is 0 Å². The lowest BCUT2D eigenvalue weighted by molar-refractivity contribution is 0.0997. The molecule has 0 atom stereocenters. The molecule has 19 heavy (non-hydrogen) atoms. The van der Waals surface area contributed by atoms with Crippen molar-refractivity contribution in [2.75, 3.05) is 0 Å². The van der Waals surface area contributed by atoms with E-state index in [-0.39, 0.29) is 11.4 Å². The third kappa shape index (κ3) is 4.12. The maximum atomic E-state index is 11.1. The highest BCUT2D eigenvalue weighted by Crippen LogP contribution is 2.23. The molecule has 1 heterocycles. The number of hydrogen-bond donors (Lipinski definition) is 1. The summed E-state index contributed by atoms with van der Waals surface area (Å²) in [5, 5.41) is 0.605. The number of nitrogens with two attached hydrogens (primary N) is 1. The number of benzene rings is 1. The van der Waals surface area contributed by atoms with Gasteiger partial charge in [-0.25, -0.2) is 4.98 Å². The normalized spacial score (nSPS) is 9.11. The van der Waals surface area contributed by atoms with Crippen molar-refractivity contribution in [3.05, 3.63) is 66.3 Å². The molecule has 2 rings (SSSR count). The average Bonchev–Trinajstić information content (AvgIpc) is 2.44. The number of halogens is 1. The van der Waals surface area contributed by atoms with E-state index in [1.807, 2.05) is 0 Å². The first-order valence-electron chi connectivity index (χ1n) is 5.35. The molecule has 0 aliphatic rings. The summed E-state index contributed by atoms with van der Waals surface area (Å²) in [6.45, 7) is 6.00. The summed E-state index contributed by atoms with van der Waals surface area (Å²) in [4.78, 5) is 15.1. The summed E-state index contributed by atoms with van der Waals surface area (Å²) in [6.07, 6.45) is 1.53. The number of aromatic nitrogens is 1. The summed E-state index contributed by atoms with van der Waals surface area (Å²) < 4.78 is 5.46. The number of nitrogens with zero attached hydrogens (tertiary/aromatic N) is 1. The van der Waals surface area contributed by atoms with Gasteiger partial charge < -0.3 is 10.5 Å². The van der Waals surface area contributed by atoms with Gasteiger partial charge in [-0.1, -0.05) is 11.6 Å². The van der Waals surface area contributed by atoms with Gasteiger partial charge in [-0.05, 0) is 36.4 Å². The molecule has 0 fully saturated rings. The number of ether oxygens (including phenoxy) is 1. The molecule has 4 nitrogen and oxygen atoms in total. The van der Waals surface area contributed by atoms with Crippen LogP contribution in [0.2, 0.25) is 5.02 Å². The van der Waals surface area contributed by atoms with Gasteiger partial charge in [0, 0.05) is 11.2 Å². The first-order valence-corrected chi connectivity index (χ1v) is 5.73. The van der Waals surface area contributed by atoms with Crippen LogP contribution in [0.4, 0.5) is 0 Å². The SMILES string of the molecule is C=C.NC(=O)c1cccnc1Oc1ccc(Cl)cc1. The summed E-state index contributed by atoms with van der Waals surface area (Å²) in [5.74, 6) is 0.139. The van der Waals surface area contributed by atoms with Crippen LogP contribution in [0, 0.1) is 0 Å². The molecule has 98 valence electrons. The Morgan fingerprint density at radius 3 is 2.42 bits per heavy atom. The van der Waals surface area contributed by atoms with Crippen molar-refractivity contribution < 1.29 is 9.53 Å². The van der Waals surface area contributed by atoms with Crippen LogP contribution in [0.3, 0.4) is 0 Å². The van der Waals surface area contributed by atoms with Crippen LogP contribution in [0.1, 0.15) is 10.4 Å². The summed E-state index contributed by atoms with van der Waals surface area (Å²) >= 11 is 5.75. The maximum Gasteiger partial charge on any atom is 0.254 e. The van der Waals surface area contributed by atoms with E-state index in [2.05, 4.69) is 18.1 Å². The molecule has 0 saturated carbocycles. The maximum absolute atomic E-state index is 11.1. The highest BCUT2D eigenvalue weighted by Gasteiger charge is 2.10. The largest absolute Gasteiger partial charge is 0.438 e. The van der Waals surface area contributed by atoms with E-state index in [0.29, 0.717) is 10.8 Å². The van der Waals surface area contributed by atoms with Gasteiger partial charge in [-0.3, -0.25) is 4.79 Å². The van der Waals surface area contributed by atoms with E-state index >= 15 is 0 Å². The fraction of sp³-hybridized carbons (Fsp3) is 0. The van der Waals surface area contributed by atoms with Crippen molar-refractivity contribution in [2.45, 2.75) is 0 Å². The van der Waals surface area contributed by atoms with Crippen molar-refractivity contribution in [1.82, 2.24) is 4.98 Å². The van der Waals surface area contributed by atoms with Crippen molar-refractivity contribution in [1.29, 1.82) is 0 Å². The van der Waals surface area contributed by atoms with Gasteiger partial charge in [0.1, 0.15) is 11.3 Å². The lowest BCUT2D eigenvalue weighted by atomic mass is 10.2. The molecular weight excluding hydrogens is 264 g/mol. The fourth-order valence-corrected chi connectivity index (χ4v) is 1.40. The number of carbonyl (C=O) groups excluding carboxylic acids is 1. The molecule has 0 spiro atoms. The van der Waals surface area contributed by atoms with Crippen molar-refractivity contribution in [2.24, 2.45) is 5.73 Å². The minimum atomic E-state index is -0.581. The fourth-order valence-electron chi connectivity index (χ4n) is 1.27. The predicted molar refractivity (Wildman–Crippen MR) is 75.5 cm³/mol. The Morgan fingerprint density at radius 2 is 1.84 bits per heavy atom. The number of pyridine rings is 1. The quantitative estimate of drug-likeness (QED) is 0.874. The minimum absolute atomic E-state index is 0.183. The number of rotatable bonds is 3. The van der Waals surface area contributed by atoms with Crippen LogP contribution in [0.25, 0.3) is 0 Å². The zero-order valence-electron chi connectivity index (χ0n) is 10.2. The molecule has 5 heteroatoms. The lowest BCUT2D eigenvalue weighted by Gasteiger charge is -2.07. The molecule has 1 aromatic carbocycles. The summed E-state index contributed by atoms with van der Waals surface area (Å²) in [6, 6.07) is 9.91. The number of hydrogen-bond acceptors (Lipinski definition) is 3. The van der Waals surface area contributed by atoms with Crippen molar-refractivity contribution in [3.63, 3.8) is 0 Å². The molecule has 0 radical (unpaired) electrons. The molecule has 0 aliphatic heterocycles. The van der Waals surface area contributed by atoms with Crippen LogP contribution in [-0.4, -0.2) is 10.9 Å². The average molecular weight is 277 g/mol. The Hall–Kier alpha value is -2.33.